The van der Waals surface area contributed by atoms with Crippen molar-refractivity contribution in [3.05, 3.63) is 40.9 Å². The Hall–Kier alpha value is -1.86. The number of benzene rings is 1. The number of hydrogen-bond acceptors (Lipinski definition) is 5. The summed E-state index contributed by atoms with van der Waals surface area (Å²) in [5.41, 5.74) is 0.778. The molecule has 1 aromatic rings. The van der Waals surface area contributed by atoms with Crippen LogP contribution in [0, 0.1) is 0 Å². The van der Waals surface area contributed by atoms with E-state index in [4.69, 9.17) is 16.3 Å². The second-order valence-corrected chi connectivity index (χ2v) is 9.27. The summed E-state index contributed by atoms with van der Waals surface area (Å²) in [5, 5.41) is 0.597. The SMILES string of the molecule is CC[C@@H](C)N(C(=O)COC(=O)/C=C/c1ccc(Cl)cc1)[C@@H]1CCS(=O)(=O)C1. The first-order chi connectivity index (χ1) is 12.7. The largest absolute Gasteiger partial charge is 0.452 e. The minimum Gasteiger partial charge on any atom is -0.452 e. The number of hydrogen-bond donors (Lipinski definition) is 0. The molecule has 0 unspecified atom stereocenters. The normalized spacial score (nSPS) is 19.7. The minimum absolute atomic E-state index is 0.0342. The van der Waals surface area contributed by atoms with E-state index in [1.165, 1.54) is 6.08 Å². The summed E-state index contributed by atoms with van der Waals surface area (Å²) in [6, 6.07) is 6.43. The molecule has 1 aliphatic heterocycles. The van der Waals surface area contributed by atoms with E-state index in [0.717, 1.165) is 5.56 Å². The highest BCUT2D eigenvalue weighted by molar-refractivity contribution is 7.91. The van der Waals surface area contributed by atoms with E-state index in [1.807, 2.05) is 13.8 Å². The molecule has 1 amide bonds. The fourth-order valence-electron chi connectivity index (χ4n) is 2.99. The first kappa shape index (κ1) is 21.4. The molecule has 1 fully saturated rings. The Morgan fingerprint density at radius 1 is 1.33 bits per heavy atom. The highest BCUT2D eigenvalue weighted by Gasteiger charge is 2.36. The van der Waals surface area contributed by atoms with Crippen LogP contribution in [0.1, 0.15) is 32.3 Å². The van der Waals surface area contributed by atoms with Crippen molar-refractivity contribution in [2.45, 2.75) is 38.8 Å². The van der Waals surface area contributed by atoms with Crippen LogP contribution in [0.3, 0.4) is 0 Å². The molecule has 0 spiro atoms. The zero-order chi connectivity index (χ0) is 20.0. The standard InChI is InChI=1S/C19H24ClNO5S/c1-3-14(2)21(17-10-11-27(24,25)13-17)18(22)12-26-19(23)9-6-15-4-7-16(20)8-5-15/h4-9,14,17H,3,10-13H2,1-2H3/b9-6+/t14-,17-/m1/s1. The van der Waals surface area contributed by atoms with Crippen molar-refractivity contribution in [3.8, 4) is 0 Å². The van der Waals surface area contributed by atoms with Crippen molar-refractivity contribution in [2.75, 3.05) is 18.1 Å². The molecule has 2 rings (SSSR count). The number of esters is 1. The summed E-state index contributed by atoms with van der Waals surface area (Å²) >= 11 is 5.80. The fourth-order valence-corrected chi connectivity index (χ4v) is 4.83. The maximum atomic E-state index is 12.6. The second-order valence-electron chi connectivity index (χ2n) is 6.61. The number of halogens is 1. The van der Waals surface area contributed by atoms with E-state index in [0.29, 0.717) is 17.9 Å². The van der Waals surface area contributed by atoms with Crippen molar-refractivity contribution in [2.24, 2.45) is 0 Å². The summed E-state index contributed by atoms with van der Waals surface area (Å²) in [4.78, 5) is 26.0. The lowest BCUT2D eigenvalue weighted by molar-refractivity contribution is -0.150. The van der Waals surface area contributed by atoms with E-state index in [-0.39, 0.29) is 29.5 Å². The van der Waals surface area contributed by atoms with Gasteiger partial charge in [0.25, 0.3) is 5.91 Å². The van der Waals surface area contributed by atoms with Gasteiger partial charge in [0.15, 0.2) is 16.4 Å². The van der Waals surface area contributed by atoms with E-state index in [9.17, 15) is 18.0 Å². The van der Waals surface area contributed by atoms with Crippen LogP contribution in [-0.4, -0.2) is 55.4 Å². The van der Waals surface area contributed by atoms with Gasteiger partial charge in [-0.05, 0) is 43.5 Å². The van der Waals surface area contributed by atoms with Crippen molar-refractivity contribution < 1.29 is 22.7 Å². The Labute approximate surface area is 165 Å². The van der Waals surface area contributed by atoms with Gasteiger partial charge in [-0.3, -0.25) is 4.79 Å². The van der Waals surface area contributed by atoms with Crippen molar-refractivity contribution in [1.29, 1.82) is 0 Å². The van der Waals surface area contributed by atoms with Gasteiger partial charge in [0.2, 0.25) is 0 Å². The molecule has 1 heterocycles. The number of amides is 1. The van der Waals surface area contributed by atoms with Gasteiger partial charge >= 0.3 is 5.97 Å². The molecule has 1 aromatic carbocycles. The highest BCUT2D eigenvalue weighted by atomic mass is 35.5. The van der Waals surface area contributed by atoms with Crippen molar-refractivity contribution in [3.63, 3.8) is 0 Å². The molecule has 27 heavy (non-hydrogen) atoms. The molecule has 2 atom stereocenters. The molecular formula is C19H24ClNO5S. The van der Waals surface area contributed by atoms with Crippen LogP contribution in [0.2, 0.25) is 5.02 Å². The molecular weight excluding hydrogens is 390 g/mol. The van der Waals surface area contributed by atoms with Gasteiger partial charge in [-0.2, -0.15) is 0 Å². The van der Waals surface area contributed by atoms with Crippen molar-refractivity contribution in [1.82, 2.24) is 4.90 Å². The van der Waals surface area contributed by atoms with Crippen LogP contribution >= 0.6 is 11.6 Å². The number of carbonyl (C=O) groups excluding carboxylic acids is 2. The van der Waals surface area contributed by atoms with E-state index in [1.54, 1.807) is 35.2 Å². The van der Waals surface area contributed by atoms with Crippen LogP contribution in [0.25, 0.3) is 6.08 Å². The Morgan fingerprint density at radius 3 is 2.56 bits per heavy atom. The predicted octanol–water partition coefficient (Wildman–Crippen LogP) is 2.71. The van der Waals surface area contributed by atoms with E-state index in [2.05, 4.69) is 0 Å². The molecule has 0 aliphatic carbocycles. The monoisotopic (exact) mass is 413 g/mol. The quantitative estimate of drug-likeness (QED) is 0.507. The zero-order valence-electron chi connectivity index (χ0n) is 15.4. The third kappa shape index (κ3) is 6.36. The first-order valence-electron chi connectivity index (χ1n) is 8.84. The smallest absolute Gasteiger partial charge is 0.331 e. The number of sulfone groups is 1. The minimum atomic E-state index is -3.11. The van der Waals surface area contributed by atoms with Crippen LogP contribution in [-0.2, 0) is 24.2 Å². The molecule has 0 saturated carbocycles. The molecule has 1 saturated heterocycles. The number of ether oxygens (including phenoxy) is 1. The van der Waals surface area contributed by atoms with Gasteiger partial charge in [-0.1, -0.05) is 30.7 Å². The molecule has 0 N–H and O–H groups in total. The average molecular weight is 414 g/mol. The molecule has 148 valence electrons. The summed E-state index contributed by atoms with van der Waals surface area (Å²) < 4.78 is 28.5. The Kier molecular flexibility index (Phi) is 7.44. The van der Waals surface area contributed by atoms with E-state index < -0.39 is 22.4 Å². The summed E-state index contributed by atoms with van der Waals surface area (Å²) in [6.45, 7) is 3.38. The van der Waals surface area contributed by atoms with Crippen molar-refractivity contribution >= 4 is 39.4 Å². The van der Waals surface area contributed by atoms with Crippen LogP contribution in [0.15, 0.2) is 30.3 Å². The molecule has 8 heteroatoms. The Morgan fingerprint density at radius 2 is 2.00 bits per heavy atom. The lowest BCUT2D eigenvalue weighted by Gasteiger charge is -2.33. The highest BCUT2D eigenvalue weighted by Crippen LogP contribution is 2.21. The number of rotatable bonds is 7. The predicted molar refractivity (Wildman–Crippen MR) is 105 cm³/mol. The zero-order valence-corrected chi connectivity index (χ0v) is 17.0. The molecule has 0 aromatic heterocycles. The Bertz CT molecular complexity index is 804. The third-order valence-corrected chi connectivity index (χ3v) is 6.58. The van der Waals surface area contributed by atoms with Crippen LogP contribution in [0.4, 0.5) is 0 Å². The lowest BCUT2D eigenvalue weighted by atomic mass is 10.1. The average Bonchev–Trinajstić information content (AvgIpc) is 2.98. The molecule has 0 radical (unpaired) electrons. The molecule has 1 aliphatic rings. The maximum Gasteiger partial charge on any atom is 0.331 e. The third-order valence-electron chi connectivity index (χ3n) is 4.58. The first-order valence-corrected chi connectivity index (χ1v) is 11.0. The van der Waals surface area contributed by atoms with E-state index >= 15 is 0 Å². The topological polar surface area (TPSA) is 80.8 Å². The van der Waals surface area contributed by atoms with Crippen LogP contribution < -0.4 is 0 Å². The van der Waals surface area contributed by atoms with Gasteiger partial charge in [0.05, 0.1) is 11.5 Å². The second kappa shape index (κ2) is 9.37. The number of carbonyl (C=O) groups is 2. The molecule has 6 nitrogen and oxygen atoms in total. The Balaban J connectivity index is 1.94. The fraction of sp³-hybridized carbons (Fsp3) is 0.474. The molecule has 0 bridgehead atoms. The van der Waals surface area contributed by atoms with Gasteiger partial charge in [-0.15, -0.1) is 0 Å². The van der Waals surface area contributed by atoms with Gasteiger partial charge in [0, 0.05) is 23.2 Å². The summed E-state index contributed by atoms with van der Waals surface area (Å²) in [6.07, 6.45) is 3.92. The van der Waals surface area contributed by atoms with Gasteiger partial charge in [0.1, 0.15) is 0 Å². The summed E-state index contributed by atoms with van der Waals surface area (Å²) in [5.74, 6) is -0.962. The summed E-state index contributed by atoms with van der Waals surface area (Å²) in [7, 11) is -3.11. The van der Waals surface area contributed by atoms with Gasteiger partial charge < -0.3 is 9.64 Å². The van der Waals surface area contributed by atoms with Crippen LogP contribution in [0.5, 0.6) is 0 Å². The maximum absolute atomic E-state index is 12.6. The lowest BCUT2D eigenvalue weighted by Crippen LogP contribution is -2.48. The number of nitrogens with zero attached hydrogens (tertiary/aromatic N) is 1. The van der Waals surface area contributed by atoms with Gasteiger partial charge in [-0.25, -0.2) is 13.2 Å².